The van der Waals surface area contributed by atoms with Gasteiger partial charge in [-0.05, 0) is 42.9 Å². The third-order valence-corrected chi connectivity index (χ3v) is 5.93. The number of methoxy groups -OCH3 is 1. The molecule has 6 heteroatoms. The lowest BCUT2D eigenvalue weighted by Crippen LogP contribution is -2.11. The summed E-state index contributed by atoms with van der Waals surface area (Å²) >= 11 is 3.26. The van der Waals surface area contributed by atoms with E-state index in [2.05, 4.69) is 22.4 Å². The molecule has 1 N–H and O–H groups in total. The van der Waals surface area contributed by atoms with Gasteiger partial charge in [0, 0.05) is 11.3 Å². The van der Waals surface area contributed by atoms with Crippen molar-refractivity contribution in [1.82, 2.24) is 4.98 Å². The molecule has 0 fully saturated rings. The molecule has 0 aliphatic rings. The number of fused-ring (bicyclic) bond motifs is 1. The molecule has 3 aromatic rings. The maximum Gasteiger partial charge on any atom is 0.226 e. The minimum absolute atomic E-state index is 0.00402. The Balaban J connectivity index is 1.54. The van der Waals surface area contributed by atoms with Crippen LogP contribution in [-0.2, 0) is 4.79 Å². The molecule has 0 spiro atoms. The van der Waals surface area contributed by atoms with Crippen LogP contribution in [0, 0.1) is 6.92 Å². The fourth-order valence-electron chi connectivity index (χ4n) is 2.45. The summed E-state index contributed by atoms with van der Waals surface area (Å²) in [6.45, 7) is 2.03. The van der Waals surface area contributed by atoms with Crippen LogP contribution in [0.1, 0.15) is 18.4 Å². The number of carbonyl (C=O) groups excluding carboxylic acids is 1. The maximum atomic E-state index is 12.2. The number of hydrogen-bond donors (Lipinski definition) is 1. The fourth-order valence-corrected chi connectivity index (χ4v) is 4.29. The van der Waals surface area contributed by atoms with Crippen LogP contribution in [0.15, 0.2) is 47.4 Å². The Hall–Kier alpha value is -2.05. The van der Waals surface area contributed by atoms with Gasteiger partial charge in [-0.1, -0.05) is 35.6 Å². The van der Waals surface area contributed by atoms with Gasteiger partial charge in [0.15, 0.2) is 5.13 Å². The number of rotatable bonds is 7. The number of thiazole rings is 1. The van der Waals surface area contributed by atoms with Gasteiger partial charge in [-0.15, -0.1) is 11.8 Å². The Kier molecular flexibility index (Phi) is 5.94. The van der Waals surface area contributed by atoms with E-state index in [0.717, 1.165) is 33.7 Å². The van der Waals surface area contributed by atoms with E-state index < -0.39 is 0 Å². The Bertz CT molecular complexity index is 862. The summed E-state index contributed by atoms with van der Waals surface area (Å²) in [6.07, 6.45) is 1.32. The number of thioether (sulfide) groups is 1. The quantitative estimate of drug-likeness (QED) is 0.462. The van der Waals surface area contributed by atoms with Crippen LogP contribution in [0.4, 0.5) is 5.13 Å². The SMILES string of the molecule is COc1ccc(C)c2sc(NC(=O)CCCSc3ccccc3)nc12. The van der Waals surface area contributed by atoms with Gasteiger partial charge in [0.2, 0.25) is 5.91 Å². The highest BCUT2D eigenvalue weighted by Crippen LogP contribution is 2.34. The van der Waals surface area contributed by atoms with Crippen LogP contribution in [0.3, 0.4) is 0 Å². The van der Waals surface area contributed by atoms with Crippen molar-refractivity contribution in [2.45, 2.75) is 24.7 Å². The lowest BCUT2D eigenvalue weighted by Gasteiger charge is -2.02. The zero-order valence-corrected chi connectivity index (χ0v) is 15.9. The van der Waals surface area contributed by atoms with Crippen LogP contribution in [0.5, 0.6) is 5.75 Å². The molecule has 25 heavy (non-hydrogen) atoms. The second kappa shape index (κ2) is 8.36. The minimum atomic E-state index is 0.00402. The normalized spacial score (nSPS) is 10.8. The van der Waals surface area contributed by atoms with Crippen LogP contribution in [-0.4, -0.2) is 23.8 Å². The highest BCUT2D eigenvalue weighted by molar-refractivity contribution is 7.99. The number of carbonyl (C=O) groups is 1. The first-order valence-electron chi connectivity index (χ1n) is 8.09. The molecule has 0 radical (unpaired) electrons. The zero-order valence-electron chi connectivity index (χ0n) is 14.2. The van der Waals surface area contributed by atoms with Gasteiger partial charge in [0.25, 0.3) is 0 Å². The van der Waals surface area contributed by atoms with Crippen LogP contribution in [0.2, 0.25) is 0 Å². The molecule has 2 aromatic carbocycles. The summed E-state index contributed by atoms with van der Waals surface area (Å²) in [4.78, 5) is 17.9. The van der Waals surface area contributed by atoms with Crippen molar-refractivity contribution in [2.24, 2.45) is 0 Å². The molecule has 0 saturated carbocycles. The Morgan fingerprint density at radius 1 is 1.24 bits per heavy atom. The first-order chi connectivity index (χ1) is 12.2. The molecular weight excluding hydrogens is 352 g/mol. The zero-order chi connectivity index (χ0) is 17.6. The van der Waals surface area contributed by atoms with E-state index in [4.69, 9.17) is 4.74 Å². The minimum Gasteiger partial charge on any atom is -0.494 e. The summed E-state index contributed by atoms with van der Waals surface area (Å²) in [7, 11) is 1.63. The highest BCUT2D eigenvalue weighted by atomic mass is 32.2. The van der Waals surface area contributed by atoms with E-state index in [-0.39, 0.29) is 5.91 Å². The Labute approximate surface area is 155 Å². The van der Waals surface area contributed by atoms with Gasteiger partial charge in [0.1, 0.15) is 11.3 Å². The molecule has 1 aromatic heterocycles. The number of ether oxygens (including phenoxy) is 1. The second-order valence-corrected chi connectivity index (χ2v) is 7.76. The van der Waals surface area contributed by atoms with Gasteiger partial charge in [-0.25, -0.2) is 4.98 Å². The molecule has 4 nitrogen and oxygen atoms in total. The molecular formula is C19H20N2O2S2. The predicted molar refractivity (Wildman–Crippen MR) is 106 cm³/mol. The molecule has 0 aliphatic carbocycles. The number of aryl methyl sites for hydroxylation is 1. The number of amides is 1. The number of anilines is 1. The third-order valence-electron chi connectivity index (χ3n) is 3.73. The van der Waals surface area contributed by atoms with Crippen LogP contribution < -0.4 is 10.1 Å². The van der Waals surface area contributed by atoms with Crippen molar-refractivity contribution >= 4 is 44.4 Å². The smallest absolute Gasteiger partial charge is 0.226 e. The van der Waals surface area contributed by atoms with Crippen LogP contribution in [0.25, 0.3) is 10.2 Å². The van der Waals surface area contributed by atoms with E-state index in [1.165, 1.54) is 16.2 Å². The Morgan fingerprint density at radius 3 is 2.80 bits per heavy atom. The molecule has 0 bridgehead atoms. The van der Waals surface area contributed by atoms with Crippen LogP contribution >= 0.6 is 23.1 Å². The largest absolute Gasteiger partial charge is 0.494 e. The number of nitrogens with zero attached hydrogens (tertiary/aromatic N) is 1. The van der Waals surface area contributed by atoms with E-state index in [9.17, 15) is 4.79 Å². The van der Waals surface area contributed by atoms with E-state index in [1.807, 2.05) is 37.3 Å². The molecule has 1 amide bonds. The van der Waals surface area contributed by atoms with Crippen molar-refractivity contribution in [3.05, 3.63) is 48.0 Å². The van der Waals surface area contributed by atoms with Gasteiger partial charge in [-0.2, -0.15) is 0 Å². The van der Waals surface area contributed by atoms with E-state index >= 15 is 0 Å². The summed E-state index contributed by atoms with van der Waals surface area (Å²) < 4.78 is 6.40. The van der Waals surface area contributed by atoms with E-state index in [0.29, 0.717) is 11.6 Å². The average molecular weight is 373 g/mol. The molecule has 1 heterocycles. The average Bonchev–Trinajstić information content (AvgIpc) is 3.04. The van der Waals surface area contributed by atoms with Crippen molar-refractivity contribution < 1.29 is 9.53 Å². The molecule has 0 aliphatic heterocycles. The molecule has 0 unspecified atom stereocenters. The summed E-state index contributed by atoms with van der Waals surface area (Å²) in [6, 6.07) is 14.1. The standard InChI is InChI=1S/C19H20N2O2S2/c1-13-10-11-15(23-2)17-18(13)25-19(21-17)20-16(22)9-6-12-24-14-7-4-3-5-8-14/h3-5,7-8,10-11H,6,9,12H2,1-2H3,(H,20,21,22). The van der Waals surface area contributed by atoms with Gasteiger partial charge < -0.3 is 10.1 Å². The molecule has 0 atom stereocenters. The monoisotopic (exact) mass is 372 g/mol. The first-order valence-corrected chi connectivity index (χ1v) is 9.89. The van der Waals surface area contributed by atoms with Crippen molar-refractivity contribution in [3.8, 4) is 5.75 Å². The highest BCUT2D eigenvalue weighted by Gasteiger charge is 2.13. The van der Waals surface area contributed by atoms with Crippen molar-refractivity contribution in [1.29, 1.82) is 0 Å². The lowest BCUT2D eigenvalue weighted by molar-refractivity contribution is -0.116. The summed E-state index contributed by atoms with van der Waals surface area (Å²) in [5.74, 6) is 1.66. The summed E-state index contributed by atoms with van der Waals surface area (Å²) in [5, 5.41) is 3.54. The topological polar surface area (TPSA) is 51.2 Å². The number of hydrogen-bond acceptors (Lipinski definition) is 5. The fraction of sp³-hybridized carbons (Fsp3) is 0.263. The predicted octanol–water partition coefficient (Wildman–Crippen LogP) is 5.12. The van der Waals surface area contributed by atoms with Gasteiger partial charge in [0.05, 0.1) is 11.8 Å². The number of benzene rings is 2. The van der Waals surface area contributed by atoms with E-state index in [1.54, 1.807) is 18.9 Å². The van der Waals surface area contributed by atoms with Gasteiger partial charge >= 0.3 is 0 Å². The molecule has 3 rings (SSSR count). The van der Waals surface area contributed by atoms with Crippen molar-refractivity contribution in [3.63, 3.8) is 0 Å². The second-order valence-electron chi connectivity index (χ2n) is 5.59. The molecule has 130 valence electrons. The van der Waals surface area contributed by atoms with Crippen molar-refractivity contribution in [2.75, 3.05) is 18.2 Å². The lowest BCUT2D eigenvalue weighted by atomic mass is 10.2. The summed E-state index contributed by atoms with van der Waals surface area (Å²) in [5.41, 5.74) is 1.94. The molecule has 0 saturated heterocycles. The third kappa shape index (κ3) is 4.52. The number of nitrogens with one attached hydrogen (secondary N) is 1. The maximum absolute atomic E-state index is 12.2. The first kappa shape index (κ1) is 17.8. The Morgan fingerprint density at radius 2 is 2.04 bits per heavy atom. The number of aromatic nitrogens is 1. The van der Waals surface area contributed by atoms with Gasteiger partial charge in [-0.3, -0.25) is 4.79 Å².